The molecule has 1 saturated heterocycles. The molecule has 1 unspecified atom stereocenters. The second-order valence-electron chi connectivity index (χ2n) is 5.18. The third-order valence-corrected chi connectivity index (χ3v) is 3.55. The number of aromatic nitrogens is 2. The first-order valence-corrected chi connectivity index (χ1v) is 6.69. The van der Waals surface area contributed by atoms with E-state index in [4.69, 9.17) is 4.74 Å². The molecule has 1 aliphatic heterocycles. The van der Waals surface area contributed by atoms with Crippen LogP contribution in [0.3, 0.4) is 0 Å². The lowest BCUT2D eigenvalue weighted by Gasteiger charge is -2.33. The number of aryl methyl sites for hydroxylation is 1. The number of hydrogen-bond donors (Lipinski definition) is 2. The molecule has 5 heteroatoms. The van der Waals surface area contributed by atoms with Crippen molar-refractivity contribution in [2.75, 3.05) is 19.8 Å². The van der Waals surface area contributed by atoms with Gasteiger partial charge in [-0.15, -0.1) is 0 Å². The molecule has 2 heterocycles. The molecule has 1 fully saturated rings. The van der Waals surface area contributed by atoms with E-state index in [1.54, 1.807) is 6.20 Å². The molecule has 1 aliphatic rings. The monoisotopic (exact) mass is 253 g/mol. The zero-order valence-electron chi connectivity index (χ0n) is 11.0. The van der Waals surface area contributed by atoms with Gasteiger partial charge in [0.15, 0.2) is 0 Å². The van der Waals surface area contributed by atoms with E-state index in [9.17, 15) is 5.11 Å². The van der Waals surface area contributed by atoms with Crippen LogP contribution < -0.4 is 5.32 Å². The average molecular weight is 253 g/mol. The molecule has 2 N–H and O–H groups in total. The summed E-state index contributed by atoms with van der Waals surface area (Å²) >= 11 is 0. The molecule has 1 atom stereocenters. The van der Waals surface area contributed by atoms with Crippen LogP contribution in [0.1, 0.15) is 26.2 Å². The summed E-state index contributed by atoms with van der Waals surface area (Å²) in [7, 11) is 0. The fraction of sp³-hybridized carbons (Fsp3) is 0.769. The van der Waals surface area contributed by atoms with Crippen molar-refractivity contribution in [3.63, 3.8) is 0 Å². The molecule has 0 aliphatic carbocycles. The fourth-order valence-corrected chi connectivity index (χ4v) is 2.15. The van der Waals surface area contributed by atoms with Crippen LogP contribution in [0.5, 0.6) is 0 Å². The first kappa shape index (κ1) is 13.5. The number of hydrogen-bond acceptors (Lipinski definition) is 4. The number of nitrogens with zero attached hydrogens (tertiary/aromatic N) is 2. The lowest BCUT2D eigenvalue weighted by Crippen LogP contribution is -2.47. The normalized spacial score (nSPS) is 20.8. The van der Waals surface area contributed by atoms with E-state index in [1.165, 1.54) is 0 Å². The molecule has 0 amide bonds. The standard InChI is InChI=1S/C13H23N3O2/c1-12(3-8-16-7-2-6-15-16)14-11-13(17)4-9-18-10-5-13/h2,6-7,12,14,17H,3-5,8-11H2,1H3. The number of aliphatic hydroxyl groups is 1. The Labute approximate surface area is 108 Å². The summed E-state index contributed by atoms with van der Waals surface area (Å²) < 4.78 is 7.20. The minimum atomic E-state index is -0.585. The maximum atomic E-state index is 10.3. The zero-order valence-corrected chi connectivity index (χ0v) is 11.0. The van der Waals surface area contributed by atoms with Crippen LogP contribution in [0.2, 0.25) is 0 Å². The van der Waals surface area contributed by atoms with E-state index in [-0.39, 0.29) is 0 Å². The molecular formula is C13H23N3O2. The van der Waals surface area contributed by atoms with Gasteiger partial charge in [0.2, 0.25) is 0 Å². The van der Waals surface area contributed by atoms with Crippen molar-refractivity contribution < 1.29 is 9.84 Å². The summed E-state index contributed by atoms with van der Waals surface area (Å²) in [5.74, 6) is 0. The van der Waals surface area contributed by atoms with Gasteiger partial charge in [0.05, 0.1) is 5.60 Å². The second kappa shape index (κ2) is 6.31. The Morgan fingerprint density at radius 1 is 1.50 bits per heavy atom. The Balaban J connectivity index is 1.66. The molecule has 0 bridgehead atoms. The van der Waals surface area contributed by atoms with Crippen molar-refractivity contribution in [2.24, 2.45) is 0 Å². The van der Waals surface area contributed by atoms with Crippen molar-refractivity contribution in [3.05, 3.63) is 18.5 Å². The van der Waals surface area contributed by atoms with Crippen LogP contribution in [0, 0.1) is 0 Å². The Hall–Kier alpha value is -0.910. The maximum absolute atomic E-state index is 10.3. The molecule has 0 saturated carbocycles. The molecule has 0 aromatic carbocycles. The van der Waals surface area contributed by atoms with Crippen LogP contribution in [0.4, 0.5) is 0 Å². The van der Waals surface area contributed by atoms with E-state index in [0.29, 0.717) is 25.8 Å². The highest BCUT2D eigenvalue weighted by Crippen LogP contribution is 2.19. The molecule has 0 radical (unpaired) electrons. The average Bonchev–Trinajstić information content (AvgIpc) is 2.88. The van der Waals surface area contributed by atoms with E-state index >= 15 is 0 Å². The van der Waals surface area contributed by atoms with E-state index in [0.717, 1.165) is 25.8 Å². The van der Waals surface area contributed by atoms with Gasteiger partial charge in [0, 0.05) is 57.6 Å². The van der Waals surface area contributed by atoms with Gasteiger partial charge in [0.25, 0.3) is 0 Å². The Morgan fingerprint density at radius 2 is 2.28 bits per heavy atom. The van der Waals surface area contributed by atoms with Gasteiger partial charge in [-0.2, -0.15) is 5.10 Å². The number of ether oxygens (including phenoxy) is 1. The van der Waals surface area contributed by atoms with Gasteiger partial charge in [-0.25, -0.2) is 0 Å². The Bertz CT molecular complexity index is 334. The predicted octanol–water partition coefficient (Wildman–Crippen LogP) is 0.793. The van der Waals surface area contributed by atoms with Crippen molar-refractivity contribution in [2.45, 2.75) is 44.4 Å². The lowest BCUT2D eigenvalue weighted by molar-refractivity contribution is -0.0626. The highest BCUT2D eigenvalue weighted by Gasteiger charge is 2.29. The van der Waals surface area contributed by atoms with Gasteiger partial charge >= 0.3 is 0 Å². The Morgan fingerprint density at radius 3 is 2.94 bits per heavy atom. The third kappa shape index (κ3) is 4.08. The van der Waals surface area contributed by atoms with Crippen LogP contribution in [0.25, 0.3) is 0 Å². The van der Waals surface area contributed by atoms with E-state index in [1.807, 2.05) is 16.9 Å². The Kier molecular flexibility index (Phi) is 4.74. The lowest BCUT2D eigenvalue weighted by atomic mass is 9.94. The van der Waals surface area contributed by atoms with E-state index < -0.39 is 5.60 Å². The third-order valence-electron chi connectivity index (χ3n) is 3.55. The van der Waals surface area contributed by atoms with Crippen LogP contribution in [-0.4, -0.2) is 46.3 Å². The first-order chi connectivity index (χ1) is 8.68. The van der Waals surface area contributed by atoms with Gasteiger partial charge in [-0.3, -0.25) is 4.68 Å². The molecule has 0 spiro atoms. The quantitative estimate of drug-likeness (QED) is 0.787. The minimum Gasteiger partial charge on any atom is -0.388 e. The minimum absolute atomic E-state index is 0.376. The molecule has 2 rings (SSSR count). The summed E-state index contributed by atoms with van der Waals surface area (Å²) in [6, 6.07) is 2.31. The summed E-state index contributed by atoms with van der Waals surface area (Å²) in [5.41, 5.74) is -0.585. The smallest absolute Gasteiger partial charge is 0.0815 e. The van der Waals surface area contributed by atoms with Gasteiger partial charge in [0.1, 0.15) is 0 Å². The van der Waals surface area contributed by atoms with Crippen molar-refractivity contribution in [1.29, 1.82) is 0 Å². The van der Waals surface area contributed by atoms with Crippen molar-refractivity contribution in [3.8, 4) is 0 Å². The van der Waals surface area contributed by atoms with E-state index in [2.05, 4.69) is 17.3 Å². The van der Waals surface area contributed by atoms with Crippen LogP contribution in [0.15, 0.2) is 18.5 Å². The fourth-order valence-electron chi connectivity index (χ4n) is 2.15. The topological polar surface area (TPSA) is 59.3 Å². The predicted molar refractivity (Wildman–Crippen MR) is 69.3 cm³/mol. The molecule has 1 aromatic rings. The summed E-state index contributed by atoms with van der Waals surface area (Å²) in [5, 5.41) is 17.9. The SMILES string of the molecule is CC(CCn1cccn1)NCC1(O)CCOCC1. The summed E-state index contributed by atoms with van der Waals surface area (Å²) in [4.78, 5) is 0. The molecule has 18 heavy (non-hydrogen) atoms. The maximum Gasteiger partial charge on any atom is 0.0815 e. The largest absolute Gasteiger partial charge is 0.388 e. The van der Waals surface area contributed by atoms with Crippen LogP contribution >= 0.6 is 0 Å². The van der Waals surface area contributed by atoms with Gasteiger partial charge < -0.3 is 15.2 Å². The highest BCUT2D eigenvalue weighted by atomic mass is 16.5. The number of nitrogens with one attached hydrogen (secondary N) is 1. The van der Waals surface area contributed by atoms with Gasteiger partial charge in [-0.05, 0) is 19.4 Å². The second-order valence-corrected chi connectivity index (χ2v) is 5.18. The van der Waals surface area contributed by atoms with Crippen LogP contribution in [-0.2, 0) is 11.3 Å². The van der Waals surface area contributed by atoms with Crippen molar-refractivity contribution >= 4 is 0 Å². The molecule has 102 valence electrons. The summed E-state index contributed by atoms with van der Waals surface area (Å²) in [6.45, 7) is 5.03. The van der Waals surface area contributed by atoms with Gasteiger partial charge in [-0.1, -0.05) is 0 Å². The molecular weight excluding hydrogens is 230 g/mol. The molecule has 1 aromatic heterocycles. The summed E-state index contributed by atoms with van der Waals surface area (Å²) in [6.07, 6.45) is 6.23. The first-order valence-electron chi connectivity index (χ1n) is 6.69. The van der Waals surface area contributed by atoms with Crippen molar-refractivity contribution in [1.82, 2.24) is 15.1 Å². The zero-order chi connectivity index (χ0) is 12.8. The number of rotatable bonds is 6. The molecule has 5 nitrogen and oxygen atoms in total. The highest BCUT2D eigenvalue weighted by molar-refractivity contribution is 4.84.